The average Bonchev–Trinajstić information content (AvgIpc) is 3.16. The SMILES string of the molecule is COC(=O)N1CCC(NC(=O)Nc2cccc(-c3nccs3)c2)CC1. The Balaban J connectivity index is 1.52. The van der Waals surface area contributed by atoms with Gasteiger partial charge in [0, 0.05) is 42.0 Å². The lowest BCUT2D eigenvalue weighted by molar-refractivity contribution is 0.110. The number of rotatable bonds is 3. The fraction of sp³-hybridized carbons (Fsp3) is 0.353. The number of hydrogen-bond acceptors (Lipinski definition) is 5. The second kappa shape index (κ2) is 7.98. The maximum absolute atomic E-state index is 12.2. The first kappa shape index (κ1) is 17.2. The van der Waals surface area contributed by atoms with Crippen molar-refractivity contribution in [2.24, 2.45) is 0 Å². The summed E-state index contributed by atoms with van der Waals surface area (Å²) < 4.78 is 4.71. The quantitative estimate of drug-likeness (QED) is 0.881. The molecule has 0 saturated carbocycles. The van der Waals surface area contributed by atoms with Gasteiger partial charge in [-0.3, -0.25) is 0 Å². The number of nitrogens with zero attached hydrogens (tertiary/aromatic N) is 2. The number of urea groups is 1. The molecule has 8 heteroatoms. The van der Waals surface area contributed by atoms with E-state index in [-0.39, 0.29) is 18.2 Å². The van der Waals surface area contributed by atoms with Gasteiger partial charge in [0.25, 0.3) is 0 Å². The van der Waals surface area contributed by atoms with E-state index in [1.165, 1.54) is 7.11 Å². The fourth-order valence-electron chi connectivity index (χ4n) is 2.78. The number of carbonyl (C=O) groups is 2. The monoisotopic (exact) mass is 360 g/mol. The summed E-state index contributed by atoms with van der Waals surface area (Å²) >= 11 is 1.55. The molecule has 7 nitrogen and oxygen atoms in total. The molecule has 1 fully saturated rings. The van der Waals surface area contributed by atoms with Crippen molar-refractivity contribution < 1.29 is 14.3 Å². The minimum atomic E-state index is -0.318. The molecule has 0 unspecified atom stereocenters. The molecule has 1 aromatic heterocycles. The van der Waals surface area contributed by atoms with Crippen molar-refractivity contribution in [2.45, 2.75) is 18.9 Å². The van der Waals surface area contributed by atoms with Crippen molar-refractivity contribution >= 4 is 29.1 Å². The molecule has 2 aromatic rings. The van der Waals surface area contributed by atoms with Gasteiger partial charge in [-0.05, 0) is 25.0 Å². The van der Waals surface area contributed by atoms with Gasteiger partial charge in [-0.1, -0.05) is 12.1 Å². The van der Waals surface area contributed by atoms with Crippen LogP contribution in [-0.2, 0) is 4.74 Å². The Morgan fingerprint density at radius 1 is 1.32 bits per heavy atom. The van der Waals surface area contributed by atoms with Gasteiger partial charge in [0.1, 0.15) is 5.01 Å². The van der Waals surface area contributed by atoms with Crippen molar-refractivity contribution in [1.29, 1.82) is 0 Å². The molecule has 0 spiro atoms. The van der Waals surface area contributed by atoms with E-state index >= 15 is 0 Å². The number of aromatic nitrogens is 1. The molecule has 2 N–H and O–H groups in total. The van der Waals surface area contributed by atoms with Gasteiger partial charge in [0.05, 0.1) is 7.11 Å². The first-order valence-corrected chi connectivity index (χ1v) is 8.94. The standard InChI is InChI=1S/C17H20N4O3S/c1-24-17(23)21-8-5-13(6-9-21)19-16(22)20-14-4-2-3-12(11-14)15-18-7-10-25-15/h2-4,7,10-11,13H,5-6,8-9H2,1H3,(H2,19,20,22). The summed E-state index contributed by atoms with van der Waals surface area (Å²) in [6.07, 6.45) is 2.86. The van der Waals surface area contributed by atoms with Gasteiger partial charge >= 0.3 is 12.1 Å². The van der Waals surface area contributed by atoms with Gasteiger partial charge in [0.2, 0.25) is 0 Å². The smallest absolute Gasteiger partial charge is 0.409 e. The summed E-state index contributed by atoms with van der Waals surface area (Å²) in [5.41, 5.74) is 1.69. The first-order valence-electron chi connectivity index (χ1n) is 8.06. The van der Waals surface area contributed by atoms with Crippen LogP contribution < -0.4 is 10.6 Å². The van der Waals surface area contributed by atoms with Crippen molar-refractivity contribution in [3.63, 3.8) is 0 Å². The second-order valence-corrected chi connectivity index (χ2v) is 6.64. The van der Waals surface area contributed by atoms with Crippen LogP contribution in [0, 0.1) is 0 Å². The second-order valence-electron chi connectivity index (χ2n) is 5.75. The Kier molecular flexibility index (Phi) is 5.49. The fourth-order valence-corrected chi connectivity index (χ4v) is 3.42. The van der Waals surface area contributed by atoms with Crippen molar-refractivity contribution in [2.75, 3.05) is 25.5 Å². The molecule has 3 rings (SSSR count). The van der Waals surface area contributed by atoms with E-state index < -0.39 is 0 Å². The van der Waals surface area contributed by atoms with E-state index in [4.69, 9.17) is 4.74 Å². The number of hydrogen-bond donors (Lipinski definition) is 2. The number of benzene rings is 1. The van der Waals surface area contributed by atoms with Crippen LogP contribution in [0.1, 0.15) is 12.8 Å². The molecule has 132 valence electrons. The zero-order valence-corrected chi connectivity index (χ0v) is 14.7. The normalized spacial score (nSPS) is 14.8. The third kappa shape index (κ3) is 4.48. The molecule has 0 atom stereocenters. The van der Waals surface area contributed by atoms with Crippen LogP contribution in [0.2, 0.25) is 0 Å². The molecule has 0 radical (unpaired) electrons. The average molecular weight is 360 g/mol. The number of likely N-dealkylation sites (tertiary alicyclic amines) is 1. The highest BCUT2D eigenvalue weighted by Crippen LogP contribution is 2.24. The highest BCUT2D eigenvalue weighted by atomic mass is 32.1. The maximum atomic E-state index is 12.2. The van der Waals surface area contributed by atoms with Gasteiger partial charge in [-0.2, -0.15) is 0 Å². The number of anilines is 1. The van der Waals surface area contributed by atoms with Crippen LogP contribution in [0.15, 0.2) is 35.8 Å². The third-order valence-electron chi connectivity index (χ3n) is 4.06. The van der Waals surface area contributed by atoms with Gasteiger partial charge in [-0.15, -0.1) is 11.3 Å². The molecule has 1 saturated heterocycles. The largest absolute Gasteiger partial charge is 0.453 e. The van der Waals surface area contributed by atoms with Crippen LogP contribution in [0.5, 0.6) is 0 Å². The lowest BCUT2D eigenvalue weighted by Crippen LogP contribution is -2.47. The Bertz CT molecular complexity index is 727. The van der Waals surface area contributed by atoms with E-state index in [0.29, 0.717) is 25.9 Å². The number of thiazole rings is 1. The molecule has 0 bridgehead atoms. The number of piperidine rings is 1. The van der Waals surface area contributed by atoms with E-state index in [0.717, 1.165) is 16.3 Å². The zero-order valence-electron chi connectivity index (χ0n) is 13.9. The molecular weight excluding hydrogens is 340 g/mol. The topological polar surface area (TPSA) is 83.6 Å². The van der Waals surface area contributed by atoms with Crippen LogP contribution in [0.3, 0.4) is 0 Å². The van der Waals surface area contributed by atoms with Crippen LogP contribution in [0.4, 0.5) is 15.3 Å². The third-order valence-corrected chi connectivity index (χ3v) is 4.88. The number of carbonyl (C=O) groups excluding carboxylic acids is 2. The van der Waals surface area contributed by atoms with Crippen molar-refractivity contribution in [3.8, 4) is 10.6 Å². The Morgan fingerprint density at radius 3 is 2.80 bits per heavy atom. The van der Waals surface area contributed by atoms with Crippen LogP contribution in [-0.4, -0.2) is 48.2 Å². The van der Waals surface area contributed by atoms with Crippen LogP contribution >= 0.6 is 11.3 Å². The van der Waals surface area contributed by atoms with E-state index in [2.05, 4.69) is 15.6 Å². The molecule has 1 aliphatic rings. The molecule has 25 heavy (non-hydrogen) atoms. The summed E-state index contributed by atoms with van der Waals surface area (Å²) in [5, 5.41) is 8.65. The van der Waals surface area contributed by atoms with Gasteiger partial charge in [0.15, 0.2) is 0 Å². The predicted molar refractivity (Wildman–Crippen MR) is 96.7 cm³/mol. The maximum Gasteiger partial charge on any atom is 0.409 e. The highest BCUT2D eigenvalue weighted by molar-refractivity contribution is 7.13. The summed E-state index contributed by atoms with van der Waals surface area (Å²) in [4.78, 5) is 29.6. The van der Waals surface area contributed by atoms with E-state index in [1.54, 1.807) is 22.4 Å². The van der Waals surface area contributed by atoms with E-state index in [9.17, 15) is 9.59 Å². The van der Waals surface area contributed by atoms with Crippen molar-refractivity contribution in [1.82, 2.24) is 15.2 Å². The molecule has 1 aliphatic heterocycles. The van der Waals surface area contributed by atoms with Crippen LogP contribution in [0.25, 0.3) is 10.6 Å². The molecular formula is C17H20N4O3S. The molecule has 1 aromatic carbocycles. The summed E-state index contributed by atoms with van der Waals surface area (Å²) in [6.45, 7) is 1.16. The Hall–Kier alpha value is -2.61. The molecule has 0 aliphatic carbocycles. The predicted octanol–water partition coefficient (Wildman–Crippen LogP) is 3.16. The number of ether oxygens (including phenoxy) is 1. The first-order chi connectivity index (χ1) is 12.2. The summed E-state index contributed by atoms with van der Waals surface area (Å²) in [5.74, 6) is 0. The number of amides is 3. The Morgan fingerprint density at radius 2 is 2.12 bits per heavy atom. The number of methoxy groups -OCH3 is 1. The van der Waals surface area contributed by atoms with Gasteiger partial charge in [-0.25, -0.2) is 14.6 Å². The van der Waals surface area contributed by atoms with Gasteiger partial charge < -0.3 is 20.3 Å². The molecule has 3 amide bonds. The lowest BCUT2D eigenvalue weighted by Gasteiger charge is -2.31. The minimum Gasteiger partial charge on any atom is -0.453 e. The lowest BCUT2D eigenvalue weighted by atomic mass is 10.1. The molecule has 2 heterocycles. The minimum absolute atomic E-state index is 0.0445. The highest BCUT2D eigenvalue weighted by Gasteiger charge is 2.24. The zero-order chi connectivity index (χ0) is 17.6. The number of nitrogens with one attached hydrogen (secondary N) is 2. The summed E-state index contributed by atoms with van der Waals surface area (Å²) in [7, 11) is 1.37. The Labute approximate surface area is 150 Å². The van der Waals surface area contributed by atoms with Crippen molar-refractivity contribution in [3.05, 3.63) is 35.8 Å². The van der Waals surface area contributed by atoms with E-state index in [1.807, 2.05) is 29.6 Å². The summed E-state index contributed by atoms with van der Waals surface area (Å²) in [6, 6.07) is 7.40.